The van der Waals surface area contributed by atoms with Gasteiger partial charge in [0.1, 0.15) is 5.82 Å². The van der Waals surface area contributed by atoms with Crippen LogP contribution in [0.2, 0.25) is 5.02 Å². The number of benzene rings is 1. The minimum atomic E-state index is -0.426. The molecule has 0 aliphatic rings. The highest BCUT2D eigenvalue weighted by molar-refractivity contribution is 6.31. The van der Waals surface area contributed by atoms with E-state index >= 15 is 0 Å². The first kappa shape index (κ1) is 14.0. The second kappa shape index (κ2) is 6.65. The summed E-state index contributed by atoms with van der Waals surface area (Å²) in [6.45, 7) is 2.06. The minimum Gasteiger partial charge on any atom is -0.383 e. The lowest BCUT2D eigenvalue weighted by Gasteiger charge is -2.06. The van der Waals surface area contributed by atoms with Gasteiger partial charge in [0.15, 0.2) is 0 Å². The number of hydrogen-bond donors (Lipinski definition) is 2. The number of nitrogens with zero attached hydrogens (tertiary/aromatic N) is 1. The van der Waals surface area contributed by atoms with E-state index in [1.165, 1.54) is 6.07 Å². The van der Waals surface area contributed by atoms with Gasteiger partial charge in [0.05, 0.1) is 23.5 Å². The van der Waals surface area contributed by atoms with Crippen LogP contribution in [0.1, 0.15) is 5.56 Å². The molecule has 1 heterocycles. The number of hydrogen-bond acceptors (Lipinski definition) is 3. The standard InChI is InChI=1S/C13H15ClFN3O/c1-19-5-4-16-7-10-8-17-18-13(10)9-2-3-12(15)11(14)6-9/h2-3,6,8,16H,4-5,7H2,1H3,(H,17,18). The van der Waals surface area contributed by atoms with Crippen molar-refractivity contribution in [2.24, 2.45) is 0 Å². The van der Waals surface area contributed by atoms with E-state index in [9.17, 15) is 4.39 Å². The van der Waals surface area contributed by atoms with E-state index in [2.05, 4.69) is 15.5 Å². The topological polar surface area (TPSA) is 49.9 Å². The van der Waals surface area contributed by atoms with Gasteiger partial charge in [-0.05, 0) is 18.2 Å². The normalized spacial score (nSPS) is 10.9. The van der Waals surface area contributed by atoms with Gasteiger partial charge < -0.3 is 10.1 Å². The summed E-state index contributed by atoms with van der Waals surface area (Å²) < 4.78 is 18.1. The fraction of sp³-hybridized carbons (Fsp3) is 0.308. The zero-order valence-electron chi connectivity index (χ0n) is 10.5. The number of halogens is 2. The van der Waals surface area contributed by atoms with Crippen LogP contribution in [0.4, 0.5) is 4.39 Å². The van der Waals surface area contributed by atoms with Gasteiger partial charge in [-0.2, -0.15) is 5.10 Å². The Hall–Kier alpha value is -1.43. The van der Waals surface area contributed by atoms with E-state index in [-0.39, 0.29) is 5.02 Å². The molecule has 0 aliphatic carbocycles. The Bertz CT molecular complexity index is 544. The quantitative estimate of drug-likeness (QED) is 0.801. The van der Waals surface area contributed by atoms with Crippen molar-refractivity contribution < 1.29 is 9.13 Å². The third-order valence-corrected chi connectivity index (χ3v) is 3.01. The maximum Gasteiger partial charge on any atom is 0.141 e. The number of rotatable bonds is 6. The predicted molar refractivity (Wildman–Crippen MR) is 72.6 cm³/mol. The molecule has 102 valence electrons. The molecule has 4 nitrogen and oxygen atoms in total. The molecule has 6 heteroatoms. The lowest BCUT2D eigenvalue weighted by molar-refractivity contribution is 0.199. The van der Waals surface area contributed by atoms with Gasteiger partial charge in [-0.15, -0.1) is 0 Å². The van der Waals surface area contributed by atoms with E-state index in [1.807, 2.05) is 0 Å². The molecular formula is C13H15ClFN3O. The van der Waals surface area contributed by atoms with Crippen LogP contribution in [0.25, 0.3) is 11.3 Å². The van der Waals surface area contributed by atoms with Gasteiger partial charge in [0, 0.05) is 31.3 Å². The SMILES string of the molecule is COCCNCc1cn[nH]c1-c1ccc(F)c(Cl)c1. The van der Waals surface area contributed by atoms with Crippen LogP contribution in [-0.4, -0.2) is 30.5 Å². The zero-order chi connectivity index (χ0) is 13.7. The number of ether oxygens (including phenoxy) is 1. The summed E-state index contributed by atoms with van der Waals surface area (Å²) in [5, 5.41) is 10.3. The molecule has 0 fully saturated rings. The molecule has 0 spiro atoms. The molecule has 0 atom stereocenters. The van der Waals surface area contributed by atoms with E-state index in [0.717, 1.165) is 23.4 Å². The van der Waals surface area contributed by atoms with E-state index in [0.29, 0.717) is 13.2 Å². The first-order valence-corrected chi connectivity index (χ1v) is 6.27. The second-order valence-electron chi connectivity index (χ2n) is 4.07. The largest absolute Gasteiger partial charge is 0.383 e. The van der Waals surface area contributed by atoms with Crippen LogP contribution < -0.4 is 5.32 Å². The van der Waals surface area contributed by atoms with Crippen LogP contribution in [0, 0.1) is 5.82 Å². The zero-order valence-corrected chi connectivity index (χ0v) is 11.3. The van der Waals surface area contributed by atoms with Crippen LogP contribution in [0.5, 0.6) is 0 Å². The van der Waals surface area contributed by atoms with Crippen LogP contribution >= 0.6 is 11.6 Å². The highest BCUT2D eigenvalue weighted by Gasteiger charge is 2.09. The Kier molecular flexibility index (Phi) is 4.90. The number of aromatic nitrogens is 2. The van der Waals surface area contributed by atoms with Gasteiger partial charge in [-0.25, -0.2) is 4.39 Å². The smallest absolute Gasteiger partial charge is 0.141 e. The fourth-order valence-corrected chi connectivity index (χ4v) is 1.92. The lowest BCUT2D eigenvalue weighted by atomic mass is 10.1. The molecule has 2 rings (SSSR count). The summed E-state index contributed by atoms with van der Waals surface area (Å²) >= 11 is 5.79. The van der Waals surface area contributed by atoms with E-state index in [4.69, 9.17) is 16.3 Å². The van der Waals surface area contributed by atoms with Crippen molar-refractivity contribution in [1.82, 2.24) is 15.5 Å². The van der Waals surface area contributed by atoms with Crippen LogP contribution in [0.3, 0.4) is 0 Å². The summed E-state index contributed by atoms with van der Waals surface area (Å²) in [4.78, 5) is 0. The maximum absolute atomic E-state index is 13.1. The molecule has 2 N–H and O–H groups in total. The molecule has 0 saturated carbocycles. The van der Waals surface area contributed by atoms with Crippen molar-refractivity contribution in [3.63, 3.8) is 0 Å². The molecule has 1 aromatic carbocycles. The average molecular weight is 284 g/mol. The van der Waals surface area contributed by atoms with E-state index in [1.54, 1.807) is 25.4 Å². The molecule has 1 aromatic heterocycles. The van der Waals surface area contributed by atoms with Gasteiger partial charge in [-0.1, -0.05) is 11.6 Å². The Morgan fingerprint density at radius 3 is 3.05 bits per heavy atom. The van der Waals surface area contributed by atoms with Crippen molar-refractivity contribution in [2.45, 2.75) is 6.54 Å². The molecule has 19 heavy (non-hydrogen) atoms. The molecular weight excluding hydrogens is 269 g/mol. The second-order valence-corrected chi connectivity index (χ2v) is 4.48. The molecule has 0 saturated heterocycles. The van der Waals surface area contributed by atoms with Crippen molar-refractivity contribution in [2.75, 3.05) is 20.3 Å². The minimum absolute atomic E-state index is 0.102. The third kappa shape index (κ3) is 3.53. The first-order valence-electron chi connectivity index (χ1n) is 5.89. The van der Waals surface area contributed by atoms with Crippen LogP contribution in [0.15, 0.2) is 24.4 Å². The van der Waals surface area contributed by atoms with Gasteiger partial charge in [0.2, 0.25) is 0 Å². The molecule has 2 aromatic rings. The Morgan fingerprint density at radius 1 is 1.47 bits per heavy atom. The molecule has 0 amide bonds. The highest BCUT2D eigenvalue weighted by Crippen LogP contribution is 2.25. The lowest BCUT2D eigenvalue weighted by Crippen LogP contribution is -2.18. The monoisotopic (exact) mass is 283 g/mol. The summed E-state index contributed by atoms with van der Waals surface area (Å²) in [5.74, 6) is -0.426. The number of methoxy groups -OCH3 is 1. The molecule has 0 aliphatic heterocycles. The number of nitrogens with one attached hydrogen (secondary N) is 2. The summed E-state index contributed by atoms with van der Waals surface area (Å²) in [6.07, 6.45) is 1.74. The van der Waals surface area contributed by atoms with Crippen molar-refractivity contribution >= 4 is 11.6 Å². The Morgan fingerprint density at radius 2 is 2.32 bits per heavy atom. The molecule has 0 unspecified atom stereocenters. The Balaban J connectivity index is 2.12. The first-order chi connectivity index (χ1) is 9.22. The van der Waals surface area contributed by atoms with Crippen molar-refractivity contribution in [1.29, 1.82) is 0 Å². The Labute approximate surface area is 115 Å². The maximum atomic E-state index is 13.1. The highest BCUT2D eigenvalue weighted by atomic mass is 35.5. The van der Waals surface area contributed by atoms with E-state index < -0.39 is 5.82 Å². The van der Waals surface area contributed by atoms with Crippen LogP contribution in [-0.2, 0) is 11.3 Å². The van der Waals surface area contributed by atoms with Gasteiger partial charge in [-0.3, -0.25) is 5.10 Å². The summed E-state index contributed by atoms with van der Waals surface area (Å²) in [6, 6.07) is 4.61. The van der Waals surface area contributed by atoms with Crippen molar-refractivity contribution in [3.05, 3.63) is 40.8 Å². The van der Waals surface area contributed by atoms with Crippen molar-refractivity contribution in [3.8, 4) is 11.3 Å². The third-order valence-electron chi connectivity index (χ3n) is 2.72. The summed E-state index contributed by atoms with van der Waals surface area (Å²) in [5.41, 5.74) is 2.65. The predicted octanol–water partition coefficient (Wildman–Crippen LogP) is 2.61. The fourth-order valence-electron chi connectivity index (χ4n) is 1.74. The number of H-pyrrole nitrogens is 1. The summed E-state index contributed by atoms with van der Waals surface area (Å²) in [7, 11) is 1.66. The molecule has 0 radical (unpaired) electrons. The molecule has 0 bridgehead atoms. The van der Waals surface area contributed by atoms with Gasteiger partial charge in [0.25, 0.3) is 0 Å². The average Bonchev–Trinajstić information content (AvgIpc) is 2.86. The number of aromatic amines is 1. The van der Waals surface area contributed by atoms with Gasteiger partial charge >= 0.3 is 0 Å².